The third kappa shape index (κ3) is 3.47. The summed E-state index contributed by atoms with van der Waals surface area (Å²) in [6, 6.07) is 5.48. The lowest BCUT2D eigenvalue weighted by Gasteiger charge is -2.41. The van der Waals surface area contributed by atoms with E-state index in [1.807, 2.05) is 56.8 Å². The molecule has 1 aromatic carbocycles. The second-order valence-corrected chi connectivity index (χ2v) is 6.54. The van der Waals surface area contributed by atoms with Crippen molar-refractivity contribution in [1.29, 1.82) is 0 Å². The van der Waals surface area contributed by atoms with Crippen LogP contribution in [0.2, 0.25) is 0 Å². The number of nitrogens with zero attached hydrogens (tertiary/aromatic N) is 2. The molecule has 0 saturated carbocycles. The van der Waals surface area contributed by atoms with E-state index in [-0.39, 0.29) is 17.6 Å². The van der Waals surface area contributed by atoms with Crippen molar-refractivity contribution in [1.82, 2.24) is 4.90 Å². The normalized spacial score (nSPS) is 21.2. The fourth-order valence-electron chi connectivity index (χ4n) is 2.89. The van der Waals surface area contributed by atoms with Crippen LogP contribution in [0.3, 0.4) is 0 Å². The van der Waals surface area contributed by atoms with Gasteiger partial charge in [-0.3, -0.25) is 4.79 Å². The first-order chi connectivity index (χ1) is 9.69. The molecule has 1 unspecified atom stereocenters. The summed E-state index contributed by atoms with van der Waals surface area (Å²) in [5.74, 6) is 0.00947. The first-order valence-electron chi connectivity index (χ1n) is 7.23. The van der Waals surface area contributed by atoms with Gasteiger partial charge in [0.05, 0.1) is 23.1 Å². The number of hydrogen-bond donors (Lipinski definition) is 1. The minimum atomic E-state index is -0.317. The van der Waals surface area contributed by atoms with Crippen LogP contribution in [0.5, 0.6) is 0 Å². The molecule has 21 heavy (non-hydrogen) atoms. The first kappa shape index (κ1) is 15.6. The molecule has 0 aliphatic carbocycles. The van der Waals surface area contributed by atoms with Crippen molar-refractivity contribution in [2.45, 2.75) is 32.5 Å². The standard InChI is InChI=1S/C16H25N3O2/c1-11-9-19(10-16(2,3)21-11)15(20)12-6-7-14(18(4)5)13(17)8-12/h6-8,11H,9-10,17H2,1-5H3. The Morgan fingerprint density at radius 1 is 1.43 bits per heavy atom. The third-order valence-electron chi connectivity index (χ3n) is 3.61. The summed E-state index contributed by atoms with van der Waals surface area (Å²) in [6.45, 7) is 7.20. The Hall–Kier alpha value is -1.75. The monoisotopic (exact) mass is 291 g/mol. The summed E-state index contributed by atoms with van der Waals surface area (Å²) >= 11 is 0. The van der Waals surface area contributed by atoms with Crippen LogP contribution in [-0.2, 0) is 4.74 Å². The van der Waals surface area contributed by atoms with Gasteiger partial charge in [0.1, 0.15) is 0 Å². The van der Waals surface area contributed by atoms with Crippen LogP contribution in [-0.4, -0.2) is 49.7 Å². The number of morpholine rings is 1. The third-order valence-corrected chi connectivity index (χ3v) is 3.61. The second-order valence-electron chi connectivity index (χ2n) is 6.54. The zero-order chi connectivity index (χ0) is 15.8. The maximum Gasteiger partial charge on any atom is 0.254 e. The van der Waals surface area contributed by atoms with Gasteiger partial charge in [0.2, 0.25) is 0 Å². The number of nitrogens with two attached hydrogens (primary N) is 1. The molecule has 5 heteroatoms. The van der Waals surface area contributed by atoms with Crippen LogP contribution in [0.25, 0.3) is 0 Å². The molecule has 0 spiro atoms. The fraction of sp³-hybridized carbons (Fsp3) is 0.562. The van der Waals surface area contributed by atoms with Gasteiger partial charge in [-0.1, -0.05) is 0 Å². The number of ether oxygens (including phenoxy) is 1. The molecule has 1 heterocycles. The molecule has 1 fully saturated rings. The van der Waals surface area contributed by atoms with Gasteiger partial charge in [0.15, 0.2) is 0 Å². The highest BCUT2D eigenvalue weighted by molar-refractivity contribution is 5.96. The Kier molecular flexibility index (Phi) is 4.14. The van der Waals surface area contributed by atoms with Crippen LogP contribution in [0.15, 0.2) is 18.2 Å². The summed E-state index contributed by atoms with van der Waals surface area (Å²) in [7, 11) is 3.86. The second kappa shape index (κ2) is 5.56. The summed E-state index contributed by atoms with van der Waals surface area (Å²) in [5.41, 5.74) is 7.88. The molecule has 2 rings (SSSR count). The van der Waals surface area contributed by atoms with Crippen molar-refractivity contribution in [3.63, 3.8) is 0 Å². The smallest absolute Gasteiger partial charge is 0.254 e. The highest BCUT2D eigenvalue weighted by Crippen LogP contribution is 2.26. The van der Waals surface area contributed by atoms with E-state index >= 15 is 0 Å². The molecular formula is C16H25N3O2. The average molecular weight is 291 g/mol. The van der Waals surface area contributed by atoms with E-state index in [1.165, 1.54) is 0 Å². The molecule has 1 amide bonds. The van der Waals surface area contributed by atoms with Gasteiger partial charge in [0.25, 0.3) is 5.91 Å². The zero-order valence-electron chi connectivity index (χ0n) is 13.5. The average Bonchev–Trinajstić information content (AvgIpc) is 2.34. The molecule has 2 N–H and O–H groups in total. The van der Waals surface area contributed by atoms with E-state index in [4.69, 9.17) is 10.5 Å². The Morgan fingerprint density at radius 2 is 2.10 bits per heavy atom. The Labute approximate surface area is 126 Å². The predicted octanol–water partition coefficient (Wildman–Crippen LogP) is 1.97. The molecule has 5 nitrogen and oxygen atoms in total. The zero-order valence-corrected chi connectivity index (χ0v) is 13.5. The fourth-order valence-corrected chi connectivity index (χ4v) is 2.89. The van der Waals surface area contributed by atoms with Gasteiger partial charge in [0, 0.05) is 32.7 Å². The number of benzene rings is 1. The molecule has 0 bridgehead atoms. The van der Waals surface area contributed by atoms with Crippen LogP contribution < -0.4 is 10.6 Å². The maximum atomic E-state index is 12.7. The largest absolute Gasteiger partial charge is 0.397 e. The lowest BCUT2D eigenvalue weighted by Crippen LogP contribution is -2.53. The van der Waals surface area contributed by atoms with Crippen molar-refractivity contribution in [2.75, 3.05) is 37.8 Å². The van der Waals surface area contributed by atoms with Crippen LogP contribution >= 0.6 is 0 Å². The van der Waals surface area contributed by atoms with E-state index in [2.05, 4.69) is 0 Å². The van der Waals surface area contributed by atoms with E-state index in [1.54, 1.807) is 6.07 Å². The lowest BCUT2D eigenvalue weighted by atomic mass is 10.0. The number of rotatable bonds is 2. The quantitative estimate of drug-likeness (QED) is 0.846. The Balaban J connectivity index is 2.22. The van der Waals surface area contributed by atoms with Gasteiger partial charge < -0.3 is 20.3 Å². The molecule has 116 valence electrons. The summed E-state index contributed by atoms with van der Waals surface area (Å²) in [4.78, 5) is 16.4. The molecule has 1 saturated heterocycles. The Morgan fingerprint density at radius 3 is 2.62 bits per heavy atom. The maximum absolute atomic E-state index is 12.7. The summed E-state index contributed by atoms with van der Waals surface area (Å²) in [6.07, 6.45) is 0.0381. The van der Waals surface area contributed by atoms with Crippen molar-refractivity contribution in [3.8, 4) is 0 Å². The number of nitrogen functional groups attached to an aromatic ring is 1. The van der Waals surface area contributed by atoms with Crippen molar-refractivity contribution in [3.05, 3.63) is 23.8 Å². The van der Waals surface area contributed by atoms with E-state index in [0.717, 1.165) is 5.69 Å². The molecule has 1 aliphatic heterocycles. The Bertz CT molecular complexity index is 540. The number of carbonyl (C=O) groups excluding carboxylic acids is 1. The van der Waals surface area contributed by atoms with Gasteiger partial charge in [-0.25, -0.2) is 0 Å². The van der Waals surface area contributed by atoms with Crippen molar-refractivity contribution in [2.24, 2.45) is 0 Å². The number of anilines is 2. The van der Waals surface area contributed by atoms with Crippen molar-refractivity contribution >= 4 is 17.3 Å². The van der Waals surface area contributed by atoms with Gasteiger partial charge in [-0.05, 0) is 39.0 Å². The van der Waals surface area contributed by atoms with Crippen LogP contribution in [0.1, 0.15) is 31.1 Å². The summed E-state index contributed by atoms with van der Waals surface area (Å²) < 4.78 is 5.84. The minimum absolute atomic E-state index is 0.00947. The molecule has 1 atom stereocenters. The lowest BCUT2D eigenvalue weighted by molar-refractivity contribution is -0.118. The molecule has 1 aromatic rings. The van der Waals surface area contributed by atoms with E-state index in [0.29, 0.717) is 24.3 Å². The molecule has 0 radical (unpaired) electrons. The minimum Gasteiger partial charge on any atom is -0.397 e. The van der Waals surface area contributed by atoms with E-state index < -0.39 is 0 Å². The molecule has 1 aliphatic rings. The highest BCUT2D eigenvalue weighted by Gasteiger charge is 2.34. The van der Waals surface area contributed by atoms with Crippen molar-refractivity contribution < 1.29 is 9.53 Å². The number of carbonyl (C=O) groups is 1. The van der Waals surface area contributed by atoms with Crippen LogP contribution in [0.4, 0.5) is 11.4 Å². The molecular weight excluding hydrogens is 266 g/mol. The van der Waals surface area contributed by atoms with Gasteiger partial charge in [-0.2, -0.15) is 0 Å². The van der Waals surface area contributed by atoms with Gasteiger partial charge >= 0.3 is 0 Å². The van der Waals surface area contributed by atoms with Gasteiger partial charge in [-0.15, -0.1) is 0 Å². The van der Waals surface area contributed by atoms with Crippen LogP contribution in [0, 0.1) is 0 Å². The number of amides is 1. The SMILES string of the molecule is CC1CN(C(=O)c2ccc(N(C)C)c(N)c2)CC(C)(C)O1. The predicted molar refractivity (Wildman–Crippen MR) is 85.7 cm³/mol. The van der Waals surface area contributed by atoms with E-state index in [9.17, 15) is 4.79 Å². The summed E-state index contributed by atoms with van der Waals surface area (Å²) in [5, 5.41) is 0. The highest BCUT2D eigenvalue weighted by atomic mass is 16.5. The first-order valence-corrected chi connectivity index (χ1v) is 7.23. The number of hydrogen-bond acceptors (Lipinski definition) is 4. The topological polar surface area (TPSA) is 58.8 Å². The molecule has 0 aromatic heterocycles.